The Morgan fingerprint density at radius 2 is 2.29 bits per heavy atom. The van der Waals surface area contributed by atoms with Gasteiger partial charge in [0, 0.05) is 19.6 Å². The molecule has 1 N–H and O–H groups in total. The van der Waals surface area contributed by atoms with Gasteiger partial charge in [0.1, 0.15) is 0 Å². The second-order valence-electron chi connectivity index (χ2n) is 4.54. The van der Waals surface area contributed by atoms with Crippen LogP contribution in [0.2, 0.25) is 0 Å². The van der Waals surface area contributed by atoms with Crippen LogP contribution in [0.25, 0.3) is 0 Å². The Kier molecular flexibility index (Phi) is 3.95. The third kappa shape index (κ3) is 3.24. The molecule has 14 heavy (non-hydrogen) atoms. The molecular weight excluding hydrogens is 246 g/mol. The van der Waals surface area contributed by atoms with Crippen molar-refractivity contribution in [1.82, 2.24) is 5.32 Å². The second kappa shape index (κ2) is 4.62. The van der Waals surface area contributed by atoms with Crippen molar-refractivity contribution >= 4 is 21.8 Å². The lowest BCUT2D eigenvalue weighted by molar-refractivity contribution is -0.122. The molecule has 0 aromatic rings. The Morgan fingerprint density at radius 3 is 2.71 bits per heavy atom. The van der Waals surface area contributed by atoms with Gasteiger partial charge in [-0.25, -0.2) is 0 Å². The van der Waals surface area contributed by atoms with E-state index in [4.69, 9.17) is 4.74 Å². The van der Waals surface area contributed by atoms with Crippen LogP contribution in [0.3, 0.4) is 0 Å². The van der Waals surface area contributed by atoms with Crippen LogP contribution in [-0.2, 0) is 9.53 Å². The Labute approximate surface area is 93.7 Å². The number of carbonyl (C=O) groups excluding carboxylic acids is 1. The molecule has 1 fully saturated rings. The number of carbonyl (C=O) groups is 1. The van der Waals surface area contributed by atoms with Crippen molar-refractivity contribution in [3.8, 4) is 0 Å². The second-order valence-corrected chi connectivity index (χ2v) is 5.84. The minimum absolute atomic E-state index is 0.176. The summed E-state index contributed by atoms with van der Waals surface area (Å²) in [5.41, 5.74) is 0.215. The van der Waals surface area contributed by atoms with E-state index in [-0.39, 0.29) is 22.1 Å². The quantitative estimate of drug-likeness (QED) is 0.765. The zero-order valence-corrected chi connectivity index (χ0v) is 10.6. The average Bonchev–Trinajstić information content (AvgIpc) is 2.72. The molecule has 4 heteroatoms. The highest BCUT2D eigenvalue weighted by Gasteiger charge is 2.50. The van der Waals surface area contributed by atoms with Crippen LogP contribution in [0.5, 0.6) is 0 Å². The van der Waals surface area contributed by atoms with Gasteiger partial charge in [0.05, 0.1) is 11.4 Å². The maximum absolute atomic E-state index is 11.6. The Morgan fingerprint density at radius 1 is 1.71 bits per heavy atom. The van der Waals surface area contributed by atoms with Crippen molar-refractivity contribution in [3.63, 3.8) is 0 Å². The lowest BCUT2D eigenvalue weighted by Gasteiger charge is -2.10. The van der Waals surface area contributed by atoms with Crippen molar-refractivity contribution in [3.05, 3.63) is 0 Å². The van der Waals surface area contributed by atoms with Crippen LogP contribution in [-0.4, -0.2) is 31.0 Å². The van der Waals surface area contributed by atoms with Gasteiger partial charge in [0.25, 0.3) is 0 Å². The van der Waals surface area contributed by atoms with E-state index in [9.17, 15) is 4.79 Å². The highest BCUT2D eigenvalue weighted by molar-refractivity contribution is 9.09. The number of hydrogen-bond donors (Lipinski definition) is 1. The zero-order chi connectivity index (χ0) is 10.8. The monoisotopic (exact) mass is 263 g/mol. The van der Waals surface area contributed by atoms with Gasteiger partial charge in [0.15, 0.2) is 0 Å². The number of methoxy groups -OCH3 is 1. The average molecular weight is 264 g/mol. The lowest BCUT2D eigenvalue weighted by atomic mass is 10.1. The zero-order valence-electron chi connectivity index (χ0n) is 8.97. The van der Waals surface area contributed by atoms with Crippen LogP contribution in [0.1, 0.15) is 20.3 Å². The molecule has 1 saturated carbocycles. The minimum Gasteiger partial charge on any atom is -0.383 e. The van der Waals surface area contributed by atoms with Gasteiger partial charge in [0.2, 0.25) is 5.91 Å². The predicted molar refractivity (Wildman–Crippen MR) is 59.5 cm³/mol. The molecule has 0 bridgehead atoms. The van der Waals surface area contributed by atoms with Gasteiger partial charge in [-0.3, -0.25) is 4.79 Å². The molecular formula is C10H18BrNO2. The van der Waals surface area contributed by atoms with E-state index in [0.29, 0.717) is 13.2 Å². The summed E-state index contributed by atoms with van der Waals surface area (Å²) in [7, 11) is 1.65. The molecule has 0 radical (unpaired) electrons. The summed E-state index contributed by atoms with van der Waals surface area (Å²) >= 11 is 3.42. The Bertz CT molecular complexity index is 218. The standard InChI is InChI=1S/C10H18BrNO2/c1-10(2)4-8(10)9(13)12-5-7(11)6-14-3/h7-8H,4-6H2,1-3H3,(H,12,13). The summed E-state index contributed by atoms with van der Waals surface area (Å²) in [6.45, 7) is 5.50. The third-order valence-electron chi connectivity index (χ3n) is 2.68. The fourth-order valence-corrected chi connectivity index (χ4v) is 1.92. The molecule has 2 unspecified atom stereocenters. The SMILES string of the molecule is COCC(Br)CNC(=O)C1CC1(C)C. The first-order chi connectivity index (χ1) is 6.47. The van der Waals surface area contributed by atoms with Crippen molar-refractivity contribution in [1.29, 1.82) is 0 Å². The van der Waals surface area contributed by atoms with Crippen LogP contribution < -0.4 is 5.32 Å². The molecule has 1 aliphatic carbocycles. The van der Waals surface area contributed by atoms with E-state index in [1.54, 1.807) is 7.11 Å². The summed E-state index contributed by atoms with van der Waals surface area (Å²) in [4.78, 5) is 11.8. The minimum atomic E-state index is 0.176. The number of alkyl halides is 1. The number of halogens is 1. The summed E-state index contributed by atoms with van der Waals surface area (Å²) in [6.07, 6.45) is 1.01. The molecule has 0 spiro atoms. The maximum atomic E-state index is 11.6. The first-order valence-corrected chi connectivity index (χ1v) is 5.79. The highest BCUT2D eigenvalue weighted by atomic mass is 79.9. The van der Waals surface area contributed by atoms with Crippen molar-refractivity contribution in [2.45, 2.75) is 25.1 Å². The van der Waals surface area contributed by atoms with Crippen molar-refractivity contribution in [2.24, 2.45) is 11.3 Å². The molecule has 1 rings (SSSR count). The normalized spacial score (nSPS) is 25.6. The largest absolute Gasteiger partial charge is 0.383 e. The molecule has 0 aromatic carbocycles. The van der Waals surface area contributed by atoms with E-state index in [0.717, 1.165) is 6.42 Å². The van der Waals surface area contributed by atoms with E-state index in [1.165, 1.54) is 0 Å². The molecule has 0 aromatic heterocycles. The summed E-state index contributed by atoms with van der Waals surface area (Å²) in [5, 5.41) is 2.92. The molecule has 3 nitrogen and oxygen atoms in total. The number of amides is 1. The molecule has 82 valence electrons. The van der Waals surface area contributed by atoms with Gasteiger partial charge in [-0.2, -0.15) is 0 Å². The van der Waals surface area contributed by atoms with Crippen molar-refractivity contribution < 1.29 is 9.53 Å². The van der Waals surface area contributed by atoms with Gasteiger partial charge in [-0.15, -0.1) is 0 Å². The van der Waals surface area contributed by atoms with Crippen molar-refractivity contribution in [2.75, 3.05) is 20.3 Å². The topological polar surface area (TPSA) is 38.3 Å². The number of nitrogens with one attached hydrogen (secondary N) is 1. The van der Waals surface area contributed by atoms with Crippen LogP contribution in [0, 0.1) is 11.3 Å². The maximum Gasteiger partial charge on any atom is 0.223 e. The molecule has 0 aliphatic heterocycles. The van der Waals surface area contributed by atoms with Gasteiger partial charge in [-0.1, -0.05) is 29.8 Å². The van der Waals surface area contributed by atoms with E-state index < -0.39 is 0 Å². The number of rotatable bonds is 5. The lowest BCUT2D eigenvalue weighted by Crippen LogP contribution is -2.33. The first-order valence-electron chi connectivity index (χ1n) is 4.88. The van der Waals surface area contributed by atoms with Gasteiger partial charge in [-0.05, 0) is 11.8 Å². The van der Waals surface area contributed by atoms with Crippen LogP contribution in [0.4, 0.5) is 0 Å². The van der Waals surface area contributed by atoms with Crippen LogP contribution >= 0.6 is 15.9 Å². The third-order valence-corrected chi connectivity index (χ3v) is 3.26. The van der Waals surface area contributed by atoms with E-state index in [2.05, 4.69) is 35.1 Å². The molecule has 2 atom stereocenters. The summed E-state index contributed by atoms with van der Waals surface area (Å²) < 4.78 is 4.95. The van der Waals surface area contributed by atoms with E-state index >= 15 is 0 Å². The highest BCUT2D eigenvalue weighted by Crippen LogP contribution is 2.51. The first kappa shape index (κ1) is 12.0. The number of ether oxygens (including phenoxy) is 1. The van der Waals surface area contributed by atoms with Gasteiger partial charge < -0.3 is 10.1 Å². The predicted octanol–water partition coefficient (Wildman–Crippen LogP) is 1.56. The summed E-state index contributed by atoms with van der Waals surface area (Å²) in [6, 6.07) is 0. The molecule has 1 aliphatic rings. The molecule has 0 heterocycles. The summed E-state index contributed by atoms with van der Waals surface area (Å²) in [5.74, 6) is 0.389. The van der Waals surface area contributed by atoms with Crippen LogP contribution in [0.15, 0.2) is 0 Å². The Hall–Kier alpha value is -0.0900. The number of hydrogen-bond acceptors (Lipinski definition) is 2. The van der Waals surface area contributed by atoms with E-state index in [1.807, 2.05) is 0 Å². The Balaban J connectivity index is 2.16. The molecule has 0 saturated heterocycles. The molecule has 1 amide bonds. The fourth-order valence-electron chi connectivity index (χ4n) is 1.49. The van der Waals surface area contributed by atoms with Gasteiger partial charge >= 0.3 is 0 Å². The fraction of sp³-hybridized carbons (Fsp3) is 0.900. The smallest absolute Gasteiger partial charge is 0.223 e.